The molecule has 0 saturated carbocycles. The summed E-state index contributed by atoms with van der Waals surface area (Å²) in [6.45, 7) is 7.14. The molecule has 0 amide bonds. The van der Waals surface area contributed by atoms with E-state index < -0.39 is 15.8 Å². The molecule has 0 N–H and O–H groups in total. The molecule has 0 spiro atoms. The third kappa shape index (κ3) is 6.93. The van der Waals surface area contributed by atoms with Crippen molar-refractivity contribution in [3.63, 3.8) is 0 Å². The molecule has 0 aliphatic rings. The molecule has 0 bridgehead atoms. The van der Waals surface area contributed by atoms with E-state index >= 15 is 0 Å². The van der Waals surface area contributed by atoms with Crippen LogP contribution in [-0.2, 0) is 19.5 Å². The molecule has 0 aliphatic carbocycles. The van der Waals surface area contributed by atoms with Gasteiger partial charge in [-0.05, 0) is 41.2 Å². The Morgan fingerprint density at radius 1 is 0.515 bits per heavy atom. The summed E-state index contributed by atoms with van der Waals surface area (Å²) in [5.74, 6) is 0. The van der Waals surface area contributed by atoms with Crippen molar-refractivity contribution >= 4 is 37.1 Å². The van der Waals surface area contributed by atoms with Crippen LogP contribution in [-0.4, -0.2) is 11.3 Å². The van der Waals surface area contributed by atoms with Crippen molar-refractivity contribution in [3.05, 3.63) is 128 Å². The first-order chi connectivity index (χ1) is 15.7. The van der Waals surface area contributed by atoms with Crippen LogP contribution < -0.4 is 21.2 Å². The van der Waals surface area contributed by atoms with Crippen LogP contribution in [0.15, 0.2) is 121 Å². The quantitative estimate of drug-likeness (QED) is 0.124. The Labute approximate surface area is 215 Å². The second-order valence-corrected chi connectivity index (χ2v) is 13.3. The van der Waals surface area contributed by atoms with Crippen LogP contribution in [0.2, 0.25) is 0 Å². The molecule has 0 fully saturated rings. The van der Waals surface area contributed by atoms with Crippen LogP contribution in [0.3, 0.4) is 0 Å². The minimum absolute atomic E-state index is 0. The van der Waals surface area contributed by atoms with Gasteiger partial charge in [0.15, 0.2) is 0 Å². The van der Waals surface area contributed by atoms with E-state index in [9.17, 15) is 0 Å². The fourth-order valence-electron chi connectivity index (χ4n) is 4.27. The minimum atomic E-state index is -0.474. The average molecular weight is 555 g/mol. The normalized spacial score (nSPS) is 12.8. The summed E-state index contributed by atoms with van der Waals surface area (Å²) in [6, 6.07) is 44.1. The summed E-state index contributed by atoms with van der Waals surface area (Å²) in [5.41, 5.74) is 0.989. The Hall–Kier alpha value is -1.64. The van der Waals surface area contributed by atoms with Crippen LogP contribution in [0.25, 0.3) is 0 Å². The van der Waals surface area contributed by atoms with Crippen molar-refractivity contribution in [2.75, 3.05) is 0 Å². The van der Waals surface area contributed by atoms with Gasteiger partial charge in [-0.25, -0.2) is 0 Å². The van der Waals surface area contributed by atoms with E-state index in [0.29, 0.717) is 11.3 Å². The largest absolute Gasteiger partial charge is 1.00 e. The molecule has 4 aromatic rings. The average Bonchev–Trinajstić information content (AvgIpc) is 2.86. The first-order valence-electron chi connectivity index (χ1n) is 11.4. The Bertz CT molecular complexity index is 887. The summed E-state index contributed by atoms with van der Waals surface area (Å²) in [5, 5.41) is 5.79. The molecule has 2 atom stereocenters. The van der Waals surface area contributed by atoms with Crippen molar-refractivity contribution in [1.82, 2.24) is 0 Å². The summed E-state index contributed by atoms with van der Waals surface area (Å²) >= 11 is 0. The maximum Gasteiger partial charge on any atom is 1.00 e. The predicted octanol–water partition coefficient (Wildman–Crippen LogP) is 6.62. The molecule has 1 radical (unpaired) electrons. The first kappa shape index (κ1) is 26.0. The second kappa shape index (κ2) is 13.3. The van der Waals surface area contributed by atoms with Crippen molar-refractivity contribution in [3.8, 4) is 0 Å². The molecule has 33 heavy (non-hydrogen) atoms. The van der Waals surface area contributed by atoms with Gasteiger partial charge in [0.25, 0.3) is 0 Å². The third-order valence-electron chi connectivity index (χ3n) is 5.86. The summed E-state index contributed by atoms with van der Waals surface area (Å²) in [4.78, 5) is 0. The monoisotopic (exact) mass is 555 g/mol. The van der Waals surface area contributed by atoms with Crippen LogP contribution in [0.1, 0.15) is 19.8 Å². The van der Waals surface area contributed by atoms with Gasteiger partial charge in [-0.1, -0.05) is 143 Å². The van der Waals surface area contributed by atoms with E-state index in [2.05, 4.69) is 128 Å². The SMILES string of the molecule is [CH2-][C@H](CC[C@@H](C)P(c1ccccc1)c1ccccc1)P(c1ccccc1)c1ccccc1.[Ru+]. The van der Waals surface area contributed by atoms with Gasteiger partial charge in [0, 0.05) is 0 Å². The third-order valence-corrected chi connectivity index (χ3v) is 11.4. The number of hydrogen-bond donors (Lipinski definition) is 0. The van der Waals surface area contributed by atoms with Crippen LogP contribution in [0.4, 0.5) is 0 Å². The Morgan fingerprint density at radius 2 is 0.818 bits per heavy atom. The minimum Gasteiger partial charge on any atom is -0.335 e. The summed E-state index contributed by atoms with van der Waals surface area (Å²) < 4.78 is 0. The molecule has 169 valence electrons. The molecule has 0 aromatic heterocycles. The van der Waals surface area contributed by atoms with Gasteiger partial charge in [-0.3, -0.25) is 0 Å². The standard InChI is InChI=1S/C30H31P2.Ru/c1-25(31(27-15-7-3-8-16-27)28-17-9-4-10-18-28)23-24-26(2)32(29-19-11-5-12-20-29)30-21-13-6-14-22-30;/h3-22,25-26H,1,23-24H2,2H3;/q-1;+1/t25-,26-;/m1./s1. The molecule has 4 rings (SSSR count). The van der Waals surface area contributed by atoms with Crippen molar-refractivity contribution in [2.24, 2.45) is 0 Å². The molecule has 0 heterocycles. The molecule has 0 aliphatic heterocycles. The maximum atomic E-state index is 4.70. The van der Waals surface area contributed by atoms with Gasteiger partial charge in [0.1, 0.15) is 0 Å². The topological polar surface area (TPSA) is 0 Å². The maximum absolute atomic E-state index is 4.70. The molecular weight excluding hydrogens is 523 g/mol. The van der Waals surface area contributed by atoms with Gasteiger partial charge in [0.05, 0.1) is 0 Å². The van der Waals surface area contributed by atoms with Crippen molar-refractivity contribution < 1.29 is 19.5 Å². The molecule has 0 unspecified atom stereocenters. The van der Waals surface area contributed by atoms with E-state index in [4.69, 9.17) is 6.92 Å². The van der Waals surface area contributed by atoms with Gasteiger partial charge in [0.2, 0.25) is 0 Å². The van der Waals surface area contributed by atoms with Gasteiger partial charge in [-0.2, -0.15) is 0 Å². The first-order valence-corrected chi connectivity index (χ1v) is 14.2. The smallest absolute Gasteiger partial charge is 0.335 e. The van der Waals surface area contributed by atoms with Crippen LogP contribution >= 0.6 is 15.8 Å². The van der Waals surface area contributed by atoms with E-state index in [0.717, 1.165) is 6.42 Å². The van der Waals surface area contributed by atoms with Gasteiger partial charge in [-0.15, -0.1) is 5.66 Å². The van der Waals surface area contributed by atoms with E-state index in [1.807, 2.05) is 0 Å². The van der Waals surface area contributed by atoms with E-state index in [-0.39, 0.29) is 19.5 Å². The fraction of sp³-hybridized carbons (Fsp3) is 0.167. The molecular formula is C30H31P2Ru. The summed E-state index contributed by atoms with van der Waals surface area (Å²) in [6.07, 6.45) is 2.32. The zero-order valence-electron chi connectivity index (χ0n) is 19.1. The van der Waals surface area contributed by atoms with Gasteiger partial charge >= 0.3 is 19.5 Å². The fourth-order valence-corrected chi connectivity index (χ4v) is 9.52. The zero-order chi connectivity index (χ0) is 22.2. The zero-order valence-corrected chi connectivity index (χ0v) is 22.6. The molecule has 4 aromatic carbocycles. The Morgan fingerprint density at radius 3 is 1.15 bits per heavy atom. The van der Waals surface area contributed by atoms with E-state index in [1.54, 1.807) is 0 Å². The van der Waals surface area contributed by atoms with Crippen molar-refractivity contribution in [1.29, 1.82) is 0 Å². The second-order valence-electron chi connectivity index (χ2n) is 8.16. The van der Waals surface area contributed by atoms with Crippen molar-refractivity contribution in [2.45, 2.75) is 31.1 Å². The van der Waals surface area contributed by atoms with Crippen LogP contribution in [0, 0.1) is 6.92 Å². The summed E-state index contributed by atoms with van der Waals surface area (Å²) in [7, 11) is -0.866. The van der Waals surface area contributed by atoms with Crippen LogP contribution in [0.5, 0.6) is 0 Å². The van der Waals surface area contributed by atoms with E-state index in [1.165, 1.54) is 27.6 Å². The Kier molecular flexibility index (Phi) is 10.5. The Balaban J connectivity index is 0.00000306. The predicted molar refractivity (Wildman–Crippen MR) is 146 cm³/mol. The molecule has 3 heteroatoms. The number of hydrogen-bond acceptors (Lipinski definition) is 0. The van der Waals surface area contributed by atoms with Gasteiger partial charge < -0.3 is 6.92 Å². The number of rotatable bonds is 9. The number of benzene rings is 4. The molecule has 0 nitrogen and oxygen atoms in total. The molecule has 0 saturated heterocycles.